The molecule has 7 nitrogen and oxygen atoms in total. The van der Waals surface area contributed by atoms with Crippen molar-refractivity contribution in [2.45, 2.75) is 26.9 Å². The smallest absolute Gasteiger partial charge is 0.330 e. The van der Waals surface area contributed by atoms with Gasteiger partial charge in [0, 0.05) is 6.08 Å². The number of benzene rings is 1. The molecule has 0 aliphatic carbocycles. The first-order valence-corrected chi connectivity index (χ1v) is 8.38. The summed E-state index contributed by atoms with van der Waals surface area (Å²) in [6, 6.07) is 3.52. The van der Waals surface area contributed by atoms with Gasteiger partial charge in [-0.15, -0.1) is 0 Å². The van der Waals surface area contributed by atoms with E-state index in [-0.39, 0.29) is 25.6 Å². The van der Waals surface area contributed by atoms with E-state index in [2.05, 4.69) is 0 Å². The van der Waals surface area contributed by atoms with E-state index in [1.807, 2.05) is 0 Å². The molecular formula is C19H26O7. The third-order valence-corrected chi connectivity index (χ3v) is 3.34. The second-order valence-electron chi connectivity index (χ2n) is 5.10. The quantitative estimate of drug-likeness (QED) is 0.338. The molecule has 0 fully saturated rings. The Bertz CT molecular complexity index is 623. The fraction of sp³-hybridized carbons (Fsp3) is 0.474. The highest BCUT2D eigenvalue weighted by Gasteiger charge is 2.11. The minimum absolute atomic E-state index is 0.176. The van der Waals surface area contributed by atoms with Crippen molar-refractivity contribution in [3.63, 3.8) is 0 Å². The van der Waals surface area contributed by atoms with E-state index in [1.54, 1.807) is 32.1 Å². The van der Waals surface area contributed by atoms with Gasteiger partial charge in [-0.25, -0.2) is 4.79 Å². The Hall–Kier alpha value is -2.54. The van der Waals surface area contributed by atoms with Crippen LogP contribution in [0.2, 0.25) is 0 Å². The van der Waals surface area contributed by atoms with Gasteiger partial charge >= 0.3 is 11.9 Å². The highest BCUT2D eigenvalue weighted by Crippen LogP contribution is 2.31. The number of carbonyl (C=O) groups excluding carboxylic acids is 2. The largest absolute Gasteiger partial charge is 0.493 e. The summed E-state index contributed by atoms with van der Waals surface area (Å²) in [6.45, 7) is 4.61. The van der Waals surface area contributed by atoms with E-state index in [9.17, 15) is 9.59 Å². The van der Waals surface area contributed by atoms with Crippen LogP contribution in [0.1, 0.15) is 31.4 Å². The van der Waals surface area contributed by atoms with E-state index in [0.717, 1.165) is 11.1 Å². The Kier molecular flexibility index (Phi) is 9.86. The molecule has 0 radical (unpaired) electrons. The first-order chi connectivity index (χ1) is 12.5. The van der Waals surface area contributed by atoms with Crippen LogP contribution in [0.3, 0.4) is 0 Å². The molecule has 0 spiro atoms. The second kappa shape index (κ2) is 11.9. The zero-order chi connectivity index (χ0) is 19.4. The van der Waals surface area contributed by atoms with Gasteiger partial charge in [-0.1, -0.05) is 0 Å². The average Bonchev–Trinajstić information content (AvgIpc) is 2.63. The molecule has 0 saturated heterocycles. The molecule has 0 aliphatic heterocycles. The molecule has 0 bridgehead atoms. The predicted molar refractivity (Wildman–Crippen MR) is 96.1 cm³/mol. The number of rotatable bonds is 11. The topological polar surface area (TPSA) is 80.3 Å². The summed E-state index contributed by atoms with van der Waals surface area (Å²) in [5.41, 5.74) is 1.51. The van der Waals surface area contributed by atoms with Gasteiger partial charge in [0.15, 0.2) is 11.5 Å². The minimum atomic E-state index is -0.434. The lowest BCUT2D eigenvalue weighted by Crippen LogP contribution is -2.08. The van der Waals surface area contributed by atoms with E-state index in [1.165, 1.54) is 20.3 Å². The molecule has 0 saturated carbocycles. The molecule has 0 N–H and O–H groups in total. The van der Waals surface area contributed by atoms with Crippen LogP contribution in [0.15, 0.2) is 18.2 Å². The molecule has 0 aliphatic rings. The molecule has 7 heteroatoms. The third-order valence-electron chi connectivity index (χ3n) is 3.34. The van der Waals surface area contributed by atoms with E-state index in [4.69, 9.17) is 23.7 Å². The molecule has 0 amide bonds. The molecule has 0 aromatic heterocycles. The van der Waals surface area contributed by atoms with Crippen LogP contribution in [-0.4, -0.2) is 46.0 Å². The number of methoxy groups -OCH3 is 2. The van der Waals surface area contributed by atoms with Gasteiger partial charge in [-0.05, 0) is 43.2 Å². The van der Waals surface area contributed by atoms with Gasteiger partial charge in [0.05, 0.1) is 47.1 Å². The van der Waals surface area contributed by atoms with Crippen LogP contribution >= 0.6 is 0 Å². The lowest BCUT2D eigenvalue weighted by molar-refractivity contribution is -0.144. The highest BCUT2D eigenvalue weighted by atomic mass is 16.5. The van der Waals surface area contributed by atoms with Crippen molar-refractivity contribution in [2.75, 3.05) is 34.0 Å². The maximum atomic E-state index is 11.6. The Morgan fingerprint density at radius 3 is 2.27 bits per heavy atom. The van der Waals surface area contributed by atoms with Crippen molar-refractivity contribution in [3.8, 4) is 11.5 Å². The molecule has 0 heterocycles. The van der Waals surface area contributed by atoms with Crippen molar-refractivity contribution in [3.05, 3.63) is 29.3 Å². The lowest BCUT2D eigenvalue weighted by atomic mass is 10.1. The number of carbonyl (C=O) groups is 2. The third kappa shape index (κ3) is 7.14. The van der Waals surface area contributed by atoms with Crippen molar-refractivity contribution in [1.82, 2.24) is 0 Å². The fourth-order valence-electron chi connectivity index (χ4n) is 2.14. The van der Waals surface area contributed by atoms with E-state index in [0.29, 0.717) is 24.7 Å². The van der Waals surface area contributed by atoms with Gasteiger partial charge in [0.25, 0.3) is 0 Å². The summed E-state index contributed by atoms with van der Waals surface area (Å²) in [6.07, 6.45) is 3.14. The van der Waals surface area contributed by atoms with Gasteiger partial charge in [-0.3, -0.25) is 4.79 Å². The number of esters is 2. The zero-order valence-corrected chi connectivity index (χ0v) is 15.7. The minimum Gasteiger partial charge on any atom is -0.493 e. The monoisotopic (exact) mass is 366 g/mol. The molecule has 0 atom stereocenters. The van der Waals surface area contributed by atoms with Crippen LogP contribution in [0.25, 0.3) is 6.08 Å². The Morgan fingerprint density at radius 2 is 1.65 bits per heavy atom. The van der Waals surface area contributed by atoms with Crippen molar-refractivity contribution in [2.24, 2.45) is 0 Å². The molecule has 0 unspecified atom stereocenters. The van der Waals surface area contributed by atoms with Crippen LogP contribution < -0.4 is 9.47 Å². The zero-order valence-electron chi connectivity index (χ0n) is 15.7. The molecule has 144 valence electrons. The maximum absolute atomic E-state index is 11.6. The van der Waals surface area contributed by atoms with Crippen molar-refractivity contribution < 1.29 is 33.3 Å². The first-order valence-electron chi connectivity index (χ1n) is 8.38. The van der Waals surface area contributed by atoms with Crippen LogP contribution in [-0.2, 0) is 30.4 Å². The molecule has 1 aromatic carbocycles. The Balaban J connectivity index is 2.88. The summed E-state index contributed by atoms with van der Waals surface area (Å²) in [5.74, 6) is 0.342. The summed E-state index contributed by atoms with van der Waals surface area (Å²) in [4.78, 5) is 22.9. The maximum Gasteiger partial charge on any atom is 0.330 e. The van der Waals surface area contributed by atoms with Crippen LogP contribution in [0, 0.1) is 0 Å². The van der Waals surface area contributed by atoms with E-state index >= 15 is 0 Å². The van der Waals surface area contributed by atoms with Crippen LogP contribution in [0.5, 0.6) is 11.5 Å². The van der Waals surface area contributed by atoms with Crippen molar-refractivity contribution in [1.29, 1.82) is 0 Å². The Labute approximate surface area is 153 Å². The highest BCUT2D eigenvalue weighted by molar-refractivity contribution is 5.87. The molecular weight excluding hydrogens is 340 g/mol. The lowest BCUT2D eigenvalue weighted by Gasteiger charge is -2.13. The number of hydrogen-bond donors (Lipinski definition) is 0. The predicted octanol–water partition coefficient (Wildman–Crippen LogP) is 2.75. The van der Waals surface area contributed by atoms with Crippen LogP contribution in [0.4, 0.5) is 0 Å². The van der Waals surface area contributed by atoms with Crippen molar-refractivity contribution >= 4 is 18.0 Å². The fourth-order valence-corrected chi connectivity index (χ4v) is 2.14. The van der Waals surface area contributed by atoms with Gasteiger partial charge < -0.3 is 23.7 Å². The summed E-state index contributed by atoms with van der Waals surface area (Å²) >= 11 is 0. The van der Waals surface area contributed by atoms with Gasteiger partial charge in [-0.2, -0.15) is 0 Å². The number of hydrogen-bond acceptors (Lipinski definition) is 7. The van der Waals surface area contributed by atoms with Gasteiger partial charge in [0.2, 0.25) is 0 Å². The average molecular weight is 366 g/mol. The van der Waals surface area contributed by atoms with E-state index < -0.39 is 5.97 Å². The van der Waals surface area contributed by atoms with Gasteiger partial charge in [0.1, 0.15) is 0 Å². The Morgan fingerprint density at radius 1 is 1.00 bits per heavy atom. The molecule has 1 rings (SSSR count). The summed E-state index contributed by atoms with van der Waals surface area (Å²) in [7, 11) is 3.07. The normalized spacial score (nSPS) is 10.6. The second-order valence-corrected chi connectivity index (χ2v) is 5.10. The molecule has 1 aromatic rings. The molecule has 26 heavy (non-hydrogen) atoms. The summed E-state index contributed by atoms with van der Waals surface area (Å²) < 4.78 is 25.9. The SMILES string of the molecule is CCOC(=O)/C=C/c1cc(OC)c(OC)cc1COCCC(=O)OCC. The summed E-state index contributed by atoms with van der Waals surface area (Å²) in [5, 5.41) is 0. The number of ether oxygens (including phenoxy) is 5. The standard InChI is InChI=1S/C19H26O7/c1-5-25-18(20)8-7-14-11-16(22-3)17(23-4)12-15(14)13-24-10-9-19(21)26-6-2/h7-8,11-12H,5-6,9-10,13H2,1-4H3/b8-7+. The first kappa shape index (κ1) is 21.5.